The van der Waals surface area contributed by atoms with E-state index >= 15 is 0 Å². The summed E-state index contributed by atoms with van der Waals surface area (Å²) >= 11 is 0. The number of anilines is 1. The number of methoxy groups -OCH3 is 1. The van der Waals surface area contributed by atoms with Gasteiger partial charge in [-0.1, -0.05) is 30.3 Å². The smallest absolute Gasteiger partial charge is 0.269 e. The van der Waals surface area contributed by atoms with Gasteiger partial charge in [0.25, 0.3) is 5.91 Å². The summed E-state index contributed by atoms with van der Waals surface area (Å²) in [4.78, 5) is 15.0. The maximum atomic E-state index is 12.6. The van der Waals surface area contributed by atoms with Gasteiger partial charge in [-0.25, -0.2) is 0 Å². The van der Waals surface area contributed by atoms with Gasteiger partial charge < -0.3 is 15.0 Å². The summed E-state index contributed by atoms with van der Waals surface area (Å²) in [5.41, 5.74) is 3.20. The number of hydrogen-bond donors (Lipinski definition) is 2. The van der Waals surface area contributed by atoms with Crippen LogP contribution < -0.4 is 15.0 Å². The summed E-state index contributed by atoms with van der Waals surface area (Å²) in [5, 5.41) is 10.2. The molecule has 4 rings (SSSR count). The van der Waals surface area contributed by atoms with E-state index in [1.807, 2.05) is 42.5 Å². The van der Waals surface area contributed by atoms with Crippen LogP contribution in [0.3, 0.4) is 0 Å². The van der Waals surface area contributed by atoms with Crippen LogP contribution in [0.15, 0.2) is 60.7 Å². The second kappa shape index (κ2) is 8.17. The predicted octanol–water partition coefficient (Wildman–Crippen LogP) is 3.48. The zero-order chi connectivity index (χ0) is 19.3. The van der Waals surface area contributed by atoms with Crippen molar-refractivity contribution in [2.45, 2.75) is 18.9 Å². The Morgan fingerprint density at radius 3 is 2.82 bits per heavy atom. The zero-order valence-corrected chi connectivity index (χ0v) is 15.9. The van der Waals surface area contributed by atoms with E-state index in [1.54, 1.807) is 13.2 Å². The molecule has 6 heteroatoms. The van der Waals surface area contributed by atoms with Crippen molar-refractivity contribution in [3.8, 4) is 17.0 Å². The van der Waals surface area contributed by atoms with Crippen LogP contribution >= 0.6 is 0 Å². The molecule has 0 bridgehead atoms. The molecule has 28 heavy (non-hydrogen) atoms. The molecule has 1 amide bonds. The molecule has 2 aromatic carbocycles. The van der Waals surface area contributed by atoms with Crippen molar-refractivity contribution in [1.82, 2.24) is 15.5 Å². The van der Waals surface area contributed by atoms with Crippen molar-refractivity contribution in [2.75, 3.05) is 25.1 Å². The lowest BCUT2D eigenvalue weighted by Gasteiger charge is -2.27. The fourth-order valence-electron chi connectivity index (χ4n) is 3.75. The highest BCUT2D eigenvalue weighted by Crippen LogP contribution is 2.28. The monoisotopic (exact) mass is 376 g/mol. The van der Waals surface area contributed by atoms with Crippen molar-refractivity contribution in [3.05, 3.63) is 66.4 Å². The highest BCUT2D eigenvalue weighted by molar-refractivity contribution is 5.93. The maximum absolute atomic E-state index is 12.6. The quantitative estimate of drug-likeness (QED) is 0.691. The molecule has 6 nitrogen and oxygen atoms in total. The van der Waals surface area contributed by atoms with E-state index in [9.17, 15) is 4.79 Å². The first-order chi connectivity index (χ1) is 13.8. The minimum absolute atomic E-state index is 0.145. The third-order valence-corrected chi connectivity index (χ3v) is 5.17. The summed E-state index contributed by atoms with van der Waals surface area (Å²) in [6.07, 6.45) is 2.21. The van der Waals surface area contributed by atoms with Crippen molar-refractivity contribution in [3.63, 3.8) is 0 Å². The highest BCUT2D eigenvalue weighted by atomic mass is 16.5. The summed E-state index contributed by atoms with van der Waals surface area (Å²) in [6, 6.07) is 20.1. The number of nitrogens with zero attached hydrogens (tertiary/aromatic N) is 2. The molecule has 144 valence electrons. The molecule has 0 spiro atoms. The fourth-order valence-corrected chi connectivity index (χ4v) is 3.75. The lowest BCUT2D eigenvalue weighted by Crippen LogP contribution is -2.40. The summed E-state index contributed by atoms with van der Waals surface area (Å²) in [6.45, 7) is 1.63. The van der Waals surface area contributed by atoms with E-state index in [0.29, 0.717) is 24.0 Å². The molecule has 2 N–H and O–H groups in total. The van der Waals surface area contributed by atoms with Crippen LogP contribution in [0.4, 0.5) is 5.69 Å². The molecule has 1 fully saturated rings. The van der Waals surface area contributed by atoms with Crippen LogP contribution in [0.25, 0.3) is 11.3 Å². The Kier molecular flexibility index (Phi) is 5.28. The number of nitrogens with one attached hydrogen (secondary N) is 2. The standard InChI is InChI=1S/C22H24N4O2/c1-28-21-12-6-5-11-18(21)19-14-20(25-24-19)22(27)23-15-17-10-7-13-26(17)16-8-3-2-4-9-16/h2-6,8-9,11-12,14,17H,7,10,13,15H2,1H3,(H,23,27)(H,24,25)/t17-/m1/s1. The van der Waals surface area contributed by atoms with Crippen LogP contribution in [0.5, 0.6) is 5.75 Å². The number of ether oxygens (including phenoxy) is 1. The Balaban J connectivity index is 1.41. The summed E-state index contributed by atoms with van der Waals surface area (Å²) in [5.74, 6) is 0.582. The van der Waals surface area contributed by atoms with Gasteiger partial charge in [0.1, 0.15) is 11.4 Å². The first-order valence-corrected chi connectivity index (χ1v) is 9.55. The van der Waals surface area contributed by atoms with E-state index in [4.69, 9.17) is 4.74 Å². The average Bonchev–Trinajstić information content (AvgIpc) is 3.42. The molecule has 1 atom stereocenters. The summed E-state index contributed by atoms with van der Waals surface area (Å²) in [7, 11) is 1.62. The predicted molar refractivity (Wildman–Crippen MR) is 110 cm³/mol. The largest absolute Gasteiger partial charge is 0.496 e. The van der Waals surface area contributed by atoms with Gasteiger partial charge in [-0.3, -0.25) is 9.89 Å². The SMILES string of the molecule is COc1ccccc1-c1cc(C(=O)NC[C@H]2CCCN2c2ccccc2)[nH]n1. The van der Waals surface area contributed by atoms with Crippen LogP contribution in [0.1, 0.15) is 23.3 Å². The molecule has 3 aromatic rings. The molecule has 0 radical (unpaired) electrons. The Morgan fingerprint density at radius 1 is 1.21 bits per heavy atom. The van der Waals surface area contributed by atoms with Gasteiger partial charge in [-0.2, -0.15) is 5.10 Å². The maximum Gasteiger partial charge on any atom is 0.269 e. The number of para-hydroxylation sites is 2. The van der Waals surface area contributed by atoms with Crippen LogP contribution in [-0.4, -0.2) is 42.3 Å². The van der Waals surface area contributed by atoms with E-state index in [2.05, 4.69) is 32.5 Å². The Bertz CT molecular complexity index is 938. The van der Waals surface area contributed by atoms with Gasteiger partial charge >= 0.3 is 0 Å². The average molecular weight is 376 g/mol. The fraction of sp³-hybridized carbons (Fsp3) is 0.273. The molecule has 0 aliphatic carbocycles. The number of H-pyrrole nitrogens is 1. The van der Waals surface area contributed by atoms with Gasteiger partial charge in [0.15, 0.2) is 0 Å². The van der Waals surface area contributed by atoms with E-state index < -0.39 is 0 Å². The number of benzene rings is 2. The number of carbonyl (C=O) groups is 1. The van der Waals surface area contributed by atoms with Crippen molar-refractivity contribution in [2.24, 2.45) is 0 Å². The first-order valence-electron chi connectivity index (χ1n) is 9.55. The third-order valence-electron chi connectivity index (χ3n) is 5.17. The Hall–Kier alpha value is -3.28. The van der Waals surface area contributed by atoms with E-state index in [1.165, 1.54) is 5.69 Å². The normalized spacial score (nSPS) is 16.2. The van der Waals surface area contributed by atoms with Crippen molar-refractivity contribution < 1.29 is 9.53 Å². The first kappa shape index (κ1) is 18.1. The van der Waals surface area contributed by atoms with Crippen molar-refractivity contribution >= 4 is 11.6 Å². The molecule has 1 aromatic heterocycles. The second-order valence-electron chi connectivity index (χ2n) is 6.90. The van der Waals surface area contributed by atoms with Gasteiger partial charge in [-0.05, 0) is 43.2 Å². The minimum Gasteiger partial charge on any atom is -0.496 e. The van der Waals surface area contributed by atoms with Gasteiger partial charge in [0.2, 0.25) is 0 Å². The van der Waals surface area contributed by atoms with Gasteiger partial charge in [0, 0.05) is 30.4 Å². The van der Waals surface area contributed by atoms with E-state index in [-0.39, 0.29) is 5.91 Å². The molecule has 1 aliphatic heterocycles. The topological polar surface area (TPSA) is 70.2 Å². The van der Waals surface area contributed by atoms with Crippen LogP contribution in [0, 0.1) is 0 Å². The van der Waals surface area contributed by atoms with Gasteiger partial charge in [0.05, 0.1) is 12.8 Å². The Labute approximate surface area is 164 Å². The van der Waals surface area contributed by atoms with Crippen molar-refractivity contribution in [1.29, 1.82) is 0 Å². The molecule has 0 unspecified atom stereocenters. The summed E-state index contributed by atoms with van der Waals surface area (Å²) < 4.78 is 5.38. The lowest BCUT2D eigenvalue weighted by molar-refractivity contribution is 0.0946. The number of hydrogen-bond acceptors (Lipinski definition) is 4. The molecule has 2 heterocycles. The van der Waals surface area contributed by atoms with Gasteiger partial charge in [-0.15, -0.1) is 0 Å². The number of carbonyl (C=O) groups excluding carboxylic acids is 1. The number of aromatic nitrogens is 2. The minimum atomic E-state index is -0.145. The second-order valence-corrected chi connectivity index (χ2v) is 6.90. The highest BCUT2D eigenvalue weighted by Gasteiger charge is 2.25. The molecule has 0 saturated carbocycles. The van der Waals surface area contributed by atoms with Crippen LogP contribution in [0.2, 0.25) is 0 Å². The van der Waals surface area contributed by atoms with Crippen LogP contribution in [-0.2, 0) is 0 Å². The molecule has 1 aliphatic rings. The molecular formula is C22H24N4O2. The number of amides is 1. The molecule has 1 saturated heterocycles. The Morgan fingerprint density at radius 2 is 2.00 bits per heavy atom. The number of rotatable bonds is 6. The van der Waals surface area contributed by atoms with E-state index in [0.717, 1.165) is 30.7 Å². The zero-order valence-electron chi connectivity index (χ0n) is 15.9. The lowest BCUT2D eigenvalue weighted by atomic mass is 10.1. The number of aromatic amines is 1. The molecular weight excluding hydrogens is 352 g/mol. The third kappa shape index (κ3) is 3.71.